The first-order valence-corrected chi connectivity index (χ1v) is 9.48. The molecule has 0 aliphatic rings. The van der Waals surface area contributed by atoms with Crippen molar-refractivity contribution in [2.45, 2.75) is 19.3 Å². The predicted molar refractivity (Wildman–Crippen MR) is 129 cm³/mol. The molecule has 0 saturated heterocycles. The maximum Gasteiger partial charge on any atom is 0.193 e. The van der Waals surface area contributed by atoms with Crippen LogP contribution in [-0.4, -0.2) is 57.4 Å². The van der Waals surface area contributed by atoms with Crippen LogP contribution in [0.5, 0.6) is 17.2 Å². The molecule has 29 heavy (non-hydrogen) atoms. The Morgan fingerprint density at radius 2 is 1.66 bits per heavy atom. The monoisotopic (exact) mass is 513 g/mol. The number of likely N-dealkylation sites (N-methyl/N-ethyl adjacent to an activating group) is 1. The minimum atomic E-state index is 0. The number of benzene rings is 2. The second-order valence-electron chi connectivity index (χ2n) is 6.60. The van der Waals surface area contributed by atoms with Crippen LogP contribution in [0.1, 0.15) is 17.5 Å². The molecule has 0 aliphatic heterocycles. The lowest BCUT2D eigenvalue weighted by Crippen LogP contribution is -2.40. The van der Waals surface area contributed by atoms with Crippen LogP contribution in [0.15, 0.2) is 47.5 Å². The lowest BCUT2D eigenvalue weighted by Gasteiger charge is -2.22. The Hall–Kier alpha value is -2.16. The van der Waals surface area contributed by atoms with E-state index in [1.165, 1.54) is 11.1 Å². The Bertz CT molecular complexity index is 766. The van der Waals surface area contributed by atoms with Crippen LogP contribution in [0.3, 0.4) is 0 Å². The number of methoxy groups -OCH3 is 2. The molecule has 0 radical (unpaired) electrons. The number of phenols is 1. The first-order chi connectivity index (χ1) is 13.6. The normalized spacial score (nSPS) is 10.8. The molecule has 6 nitrogen and oxygen atoms in total. The van der Waals surface area contributed by atoms with Gasteiger partial charge in [0.05, 0.1) is 14.2 Å². The van der Waals surface area contributed by atoms with Crippen LogP contribution in [0.25, 0.3) is 0 Å². The summed E-state index contributed by atoms with van der Waals surface area (Å²) in [6, 6.07) is 13.4. The zero-order valence-corrected chi connectivity index (χ0v) is 20.0. The highest BCUT2D eigenvalue weighted by Crippen LogP contribution is 2.27. The average Bonchev–Trinajstić information content (AvgIpc) is 2.73. The molecule has 0 heterocycles. The predicted octanol–water partition coefficient (Wildman–Crippen LogP) is 3.71. The maximum atomic E-state index is 9.34. The van der Waals surface area contributed by atoms with Crippen molar-refractivity contribution in [3.05, 3.63) is 53.6 Å². The van der Waals surface area contributed by atoms with Crippen LogP contribution in [0.4, 0.5) is 0 Å². The summed E-state index contributed by atoms with van der Waals surface area (Å²) in [6.07, 6.45) is 2.83. The summed E-state index contributed by atoms with van der Waals surface area (Å²) in [7, 11) is 7.13. The topological polar surface area (TPSA) is 66.3 Å². The van der Waals surface area contributed by atoms with E-state index in [0.717, 1.165) is 49.8 Å². The number of rotatable bonds is 9. The van der Waals surface area contributed by atoms with Crippen molar-refractivity contribution in [3.63, 3.8) is 0 Å². The summed E-state index contributed by atoms with van der Waals surface area (Å²) in [6.45, 7) is 1.68. The van der Waals surface area contributed by atoms with Gasteiger partial charge in [0, 0.05) is 27.2 Å². The number of nitrogens with zero attached hydrogens (tertiary/aromatic N) is 2. The summed E-state index contributed by atoms with van der Waals surface area (Å²) in [5.74, 6) is 2.68. The number of halogens is 1. The van der Waals surface area contributed by atoms with Crippen LogP contribution in [0.2, 0.25) is 0 Å². The number of ether oxygens (including phenoxy) is 2. The minimum Gasteiger partial charge on any atom is -0.508 e. The van der Waals surface area contributed by atoms with Gasteiger partial charge in [-0.25, -0.2) is 0 Å². The van der Waals surface area contributed by atoms with Crippen LogP contribution >= 0.6 is 24.0 Å². The van der Waals surface area contributed by atoms with Gasteiger partial charge in [-0.2, -0.15) is 0 Å². The number of aliphatic imine (C=N–C) groups is 1. The molecule has 0 fully saturated rings. The number of aryl methyl sites for hydroxylation is 1. The van der Waals surface area contributed by atoms with Gasteiger partial charge in [0.15, 0.2) is 17.5 Å². The van der Waals surface area contributed by atoms with E-state index < -0.39 is 0 Å². The number of phenolic OH excluding ortho intramolecular Hbond substituents is 1. The SMILES string of the molecule is CN=C(NCCCc1ccc(O)cc1)N(C)CCc1ccc(OC)c(OC)c1.I. The van der Waals surface area contributed by atoms with Gasteiger partial charge in [-0.3, -0.25) is 4.99 Å². The first kappa shape index (κ1) is 24.9. The van der Waals surface area contributed by atoms with Crippen molar-refractivity contribution in [2.75, 3.05) is 41.4 Å². The number of hydrogen-bond donors (Lipinski definition) is 2. The fourth-order valence-electron chi connectivity index (χ4n) is 2.98. The smallest absolute Gasteiger partial charge is 0.193 e. The molecule has 0 unspecified atom stereocenters. The second kappa shape index (κ2) is 13.1. The summed E-state index contributed by atoms with van der Waals surface area (Å²) in [5, 5.41) is 12.7. The molecule has 0 amide bonds. The van der Waals surface area contributed by atoms with Gasteiger partial charge < -0.3 is 24.8 Å². The van der Waals surface area contributed by atoms with E-state index in [1.54, 1.807) is 33.4 Å². The quantitative estimate of drug-likeness (QED) is 0.232. The molecule has 2 aromatic carbocycles. The van der Waals surface area contributed by atoms with E-state index in [-0.39, 0.29) is 24.0 Å². The highest BCUT2D eigenvalue weighted by molar-refractivity contribution is 14.0. The lowest BCUT2D eigenvalue weighted by atomic mass is 10.1. The largest absolute Gasteiger partial charge is 0.508 e. The van der Waals surface area contributed by atoms with Crippen LogP contribution in [-0.2, 0) is 12.8 Å². The molecular weight excluding hydrogens is 481 g/mol. The molecule has 2 rings (SSSR count). The summed E-state index contributed by atoms with van der Waals surface area (Å²) in [4.78, 5) is 6.49. The van der Waals surface area contributed by atoms with Crippen molar-refractivity contribution < 1.29 is 14.6 Å². The average molecular weight is 513 g/mol. The van der Waals surface area contributed by atoms with E-state index in [9.17, 15) is 5.11 Å². The van der Waals surface area contributed by atoms with Crippen molar-refractivity contribution in [2.24, 2.45) is 4.99 Å². The first-order valence-electron chi connectivity index (χ1n) is 9.48. The van der Waals surface area contributed by atoms with E-state index in [0.29, 0.717) is 5.75 Å². The third-order valence-electron chi connectivity index (χ3n) is 4.62. The second-order valence-corrected chi connectivity index (χ2v) is 6.60. The molecule has 2 aromatic rings. The Morgan fingerprint density at radius 1 is 1.00 bits per heavy atom. The standard InChI is InChI=1S/C22H31N3O3.HI/c1-23-22(24-14-5-6-17-7-10-19(26)11-8-17)25(2)15-13-18-9-12-20(27-3)21(16-18)28-4;/h7-12,16,26H,5-6,13-15H2,1-4H3,(H,23,24);1H. The molecule has 0 aromatic heterocycles. The lowest BCUT2D eigenvalue weighted by molar-refractivity contribution is 0.354. The van der Waals surface area contributed by atoms with E-state index in [1.807, 2.05) is 31.3 Å². The zero-order valence-electron chi connectivity index (χ0n) is 17.6. The summed E-state index contributed by atoms with van der Waals surface area (Å²) >= 11 is 0. The molecule has 7 heteroatoms. The van der Waals surface area contributed by atoms with E-state index in [2.05, 4.69) is 21.3 Å². The molecule has 0 spiro atoms. The molecule has 0 aliphatic carbocycles. The molecule has 0 atom stereocenters. The van der Waals surface area contributed by atoms with Crippen LogP contribution in [0, 0.1) is 0 Å². The van der Waals surface area contributed by atoms with E-state index >= 15 is 0 Å². The fraction of sp³-hybridized carbons (Fsp3) is 0.409. The Balaban J connectivity index is 0.00000420. The van der Waals surface area contributed by atoms with E-state index in [4.69, 9.17) is 9.47 Å². The minimum absolute atomic E-state index is 0. The molecule has 0 bridgehead atoms. The highest BCUT2D eigenvalue weighted by Gasteiger charge is 2.08. The Morgan fingerprint density at radius 3 is 2.28 bits per heavy atom. The number of aromatic hydroxyl groups is 1. The van der Waals surface area contributed by atoms with Crippen LogP contribution < -0.4 is 14.8 Å². The Labute approximate surface area is 191 Å². The zero-order chi connectivity index (χ0) is 20.4. The molecule has 0 saturated carbocycles. The molecule has 160 valence electrons. The number of hydrogen-bond acceptors (Lipinski definition) is 4. The highest BCUT2D eigenvalue weighted by atomic mass is 127. The summed E-state index contributed by atoms with van der Waals surface area (Å²) in [5.41, 5.74) is 2.41. The van der Waals surface area contributed by atoms with Gasteiger partial charge in [0.25, 0.3) is 0 Å². The fourth-order valence-corrected chi connectivity index (χ4v) is 2.98. The number of guanidine groups is 1. The van der Waals surface area contributed by atoms with Gasteiger partial charge in [0.2, 0.25) is 0 Å². The summed E-state index contributed by atoms with van der Waals surface area (Å²) < 4.78 is 10.7. The van der Waals surface area contributed by atoms with Crippen molar-refractivity contribution in [1.29, 1.82) is 0 Å². The van der Waals surface area contributed by atoms with Gasteiger partial charge in [0.1, 0.15) is 5.75 Å². The Kier molecular flexibility index (Phi) is 11.3. The van der Waals surface area contributed by atoms with Gasteiger partial charge in [-0.1, -0.05) is 18.2 Å². The van der Waals surface area contributed by atoms with Gasteiger partial charge in [-0.05, 0) is 54.7 Å². The molecular formula is C22H32IN3O3. The van der Waals surface area contributed by atoms with Gasteiger partial charge in [-0.15, -0.1) is 24.0 Å². The third kappa shape index (κ3) is 8.00. The third-order valence-corrected chi connectivity index (χ3v) is 4.62. The van der Waals surface area contributed by atoms with Crippen molar-refractivity contribution in [1.82, 2.24) is 10.2 Å². The van der Waals surface area contributed by atoms with Crippen molar-refractivity contribution >= 4 is 29.9 Å². The maximum absolute atomic E-state index is 9.34. The van der Waals surface area contributed by atoms with Gasteiger partial charge >= 0.3 is 0 Å². The van der Waals surface area contributed by atoms with Crippen molar-refractivity contribution in [3.8, 4) is 17.2 Å². The number of nitrogens with one attached hydrogen (secondary N) is 1. The molecule has 2 N–H and O–H groups in total.